The van der Waals surface area contributed by atoms with Gasteiger partial charge < -0.3 is 9.88 Å². The number of nitrogens with one attached hydrogen (secondary N) is 1. The number of H-pyrrole nitrogens is 1. The molecule has 1 N–H and O–H groups in total. The molecule has 3 rings (SSSR count). The van der Waals surface area contributed by atoms with E-state index in [1.807, 2.05) is 19.2 Å². The summed E-state index contributed by atoms with van der Waals surface area (Å²) in [6.07, 6.45) is 3.89. The Morgan fingerprint density at radius 3 is 3.05 bits per heavy atom. The summed E-state index contributed by atoms with van der Waals surface area (Å²) in [6.45, 7) is 4.96. The van der Waals surface area contributed by atoms with Crippen LogP contribution in [0.15, 0.2) is 24.4 Å². The quantitative estimate of drug-likeness (QED) is 0.898. The van der Waals surface area contributed by atoms with Crippen molar-refractivity contribution < 1.29 is 4.39 Å². The van der Waals surface area contributed by atoms with Crippen LogP contribution in [-0.4, -0.2) is 16.0 Å². The van der Waals surface area contributed by atoms with Gasteiger partial charge in [-0.25, -0.2) is 9.37 Å². The van der Waals surface area contributed by atoms with Crippen molar-refractivity contribution in [1.29, 1.82) is 0 Å². The molecule has 3 nitrogen and oxygen atoms in total. The van der Waals surface area contributed by atoms with Crippen LogP contribution in [0.25, 0.3) is 0 Å². The highest BCUT2D eigenvalue weighted by molar-refractivity contribution is 5.56. The van der Waals surface area contributed by atoms with E-state index in [1.54, 1.807) is 12.1 Å². The van der Waals surface area contributed by atoms with Crippen LogP contribution < -0.4 is 4.90 Å². The van der Waals surface area contributed by atoms with E-state index in [0.29, 0.717) is 6.04 Å². The lowest BCUT2D eigenvalue weighted by atomic mass is 9.96. The minimum Gasteiger partial charge on any atom is -0.363 e. The molecular formula is C15H18FN3. The van der Waals surface area contributed by atoms with Crippen LogP contribution in [0.1, 0.15) is 30.4 Å². The molecule has 0 bridgehead atoms. The Morgan fingerprint density at radius 1 is 1.47 bits per heavy atom. The smallest absolute Gasteiger partial charge is 0.123 e. The Labute approximate surface area is 112 Å². The number of benzene rings is 1. The zero-order valence-electron chi connectivity index (χ0n) is 11.3. The fourth-order valence-electron chi connectivity index (χ4n) is 2.77. The molecule has 0 saturated heterocycles. The maximum Gasteiger partial charge on any atom is 0.123 e. The van der Waals surface area contributed by atoms with Crippen LogP contribution in [0.4, 0.5) is 10.1 Å². The molecule has 1 atom stereocenters. The zero-order valence-corrected chi connectivity index (χ0v) is 11.3. The van der Waals surface area contributed by atoms with Gasteiger partial charge in [-0.2, -0.15) is 0 Å². The number of imidazole rings is 1. The van der Waals surface area contributed by atoms with Crippen molar-refractivity contribution in [3.05, 3.63) is 47.3 Å². The van der Waals surface area contributed by atoms with Gasteiger partial charge in [0.25, 0.3) is 0 Å². The summed E-state index contributed by atoms with van der Waals surface area (Å²) in [4.78, 5) is 9.82. The maximum atomic E-state index is 13.3. The van der Waals surface area contributed by atoms with Crippen molar-refractivity contribution >= 4 is 5.69 Å². The summed E-state index contributed by atoms with van der Waals surface area (Å²) in [5.41, 5.74) is 3.35. The molecule has 2 aromatic rings. The van der Waals surface area contributed by atoms with Gasteiger partial charge in [0.05, 0.1) is 18.4 Å². The number of hydrogen-bond donors (Lipinski definition) is 1. The zero-order chi connectivity index (χ0) is 13.4. The van der Waals surface area contributed by atoms with Gasteiger partial charge >= 0.3 is 0 Å². The second kappa shape index (κ2) is 4.68. The van der Waals surface area contributed by atoms with Crippen molar-refractivity contribution in [2.24, 2.45) is 0 Å². The summed E-state index contributed by atoms with van der Waals surface area (Å²) in [6, 6.07) is 5.56. The van der Waals surface area contributed by atoms with Gasteiger partial charge in [0.1, 0.15) is 11.6 Å². The number of aromatic nitrogens is 2. The van der Waals surface area contributed by atoms with Crippen LogP contribution in [0, 0.1) is 12.7 Å². The topological polar surface area (TPSA) is 31.9 Å². The van der Waals surface area contributed by atoms with Gasteiger partial charge in [-0.05, 0) is 50.5 Å². The number of aromatic amines is 1. The number of nitrogens with zero attached hydrogens (tertiary/aromatic N) is 2. The van der Waals surface area contributed by atoms with Crippen molar-refractivity contribution in [2.45, 2.75) is 39.3 Å². The third-order valence-electron chi connectivity index (χ3n) is 3.81. The normalized spacial score (nSPS) is 18.5. The second-order valence-corrected chi connectivity index (χ2v) is 5.28. The first kappa shape index (κ1) is 12.2. The van der Waals surface area contributed by atoms with Crippen molar-refractivity contribution in [1.82, 2.24) is 9.97 Å². The Bertz CT molecular complexity index is 591. The monoisotopic (exact) mass is 259 g/mol. The van der Waals surface area contributed by atoms with E-state index in [2.05, 4.69) is 21.8 Å². The summed E-state index contributed by atoms with van der Waals surface area (Å²) in [5, 5.41) is 0. The Balaban J connectivity index is 1.92. The number of aryl methyl sites for hydroxylation is 2. The molecule has 1 aromatic carbocycles. The standard InChI is InChI=1S/C15H18FN3/c1-10-3-4-12-7-13(16)5-6-15(12)19(10)9-14-8-17-11(2)18-14/h5-8,10H,3-4,9H2,1-2H3,(H,17,18). The molecule has 0 fully saturated rings. The number of fused-ring (bicyclic) bond motifs is 1. The van der Waals surface area contributed by atoms with Crippen LogP contribution in [0.3, 0.4) is 0 Å². The van der Waals surface area contributed by atoms with Gasteiger partial charge in [-0.1, -0.05) is 0 Å². The third-order valence-corrected chi connectivity index (χ3v) is 3.81. The molecule has 100 valence electrons. The van der Waals surface area contributed by atoms with E-state index in [9.17, 15) is 4.39 Å². The fraction of sp³-hybridized carbons (Fsp3) is 0.400. The van der Waals surface area contributed by atoms with E-state index >= 15 is 0 Å². The van der Waals surface area contributed by atoms with Crippen molar-refractivity contribution in [3.8, 4) is 0 Å². The Morgan fingerprint density at radius 2 is 2.32 bits per heavy atom. The molecule has 4 heteroatoms. The Kier molecular flexibility index (Phi) is 3.01. The van der Waals surface area contributed by atoms with Crippen LogP contribution in [-0.2, 0) is 13.0 Å². The van der Waals surface area contributed by atoms with Crippen molar-refractivity contribution in [3.63, 3.8) is 0 Å². The highest BCUT2D eigenvalue weighted by atomic mass is 19.1. The Hall–Kier alpha value is -1.84. The van der Waals surface area contributed by atoms with Crippen LogP contribution in [0.5, 0.6) is 0 Å². The molecule has 1 aromatic heterocycles. The van der Waals surface area contributed by atoms with E-state index in [4.69, 9.17) is 0 Å². The summed E-state index contributed by atoms with van der Waals surface area (Å²) in [5.74, 6) is 0.782. The lowest BCUT2D eigenvalue weighted by Gasteiger charge is -2.36. The van der Waals surface area contributed by atoms with Gasteiger partial charge in [0, 0.05) is 11.7 Å². The highest BCUT2D eigenvalue weighted by Gasteiger charge is 2.23. The molecule has 0 amide bonds. The first-order valence-electron chi connectivity index (χ1n) is 6.69. The largest absolute Gasteiger partial charge is 0.363 e. The lowest BCUT2D eigenvalue weighted by molar-refractivity contribution is 0.551. The molecule has 19 heavy (non-hydrogen) atoms. The van der Waals surface area contributed by atoms with E-state index < -0.39 is 0 Å². The fourth-order valence-corrected chi connectivity index (χ4v) is 2.77. The molecule has 0 aliphatic carbocycles. The molecule has 0 radical (unpaired) electrons. The number of anilines is 1. The minimum absolute atomic E-state index is 0.148. The molecule has 0 spiro atoms. The first-order valence-corrected chi connectivity index (χ1v) is 6.69. The van der Waals surface area contributed by atoms with E-state index in [1.165, 1.54) is 0 Å². The molecule has 2 heterocycles. The van der Waals surface area contributed by atoms with Gasteiger partial charge in [0.2, 0.25) is 0 Å². The minimum atomic E-state index is -0.148. The predicted molar refractivity (Wildman–Crippen MR) is 73.7 cm³/mol. The van der Waals surface area contributed by atoms with E-state index in [0.717, 1.165) is 42.2 Å². The molecule has 1 aliphatic heterocycles. The average Bonchev–Trinajstić information content (AvgIpc) is 2.78. The molecule has 1 unspecified atom stereocenters. The number of halogens is 1. The maximum absolute atomic E-state index is 13.3. The summed E-state index contributed by atoms with van der Waals surface area (Å²) < 4.78 is 13.3. The van der Waals surface area contributed by atoms with Gasteiger partial charge in [-0.3, -0.25) is 0 Å². The molecule has 1 aliphatic rings. The summed E-state index contributed by atoms with van der Waals surface area (Å²) in [7, 11) is 0. The number of hydrogen-bond acceptors (Lipinski definition) is 2. The first-order chi connectivity index (χ1) is 9.13. The SMILES string of the molecule is Cc1ncc(CN2c3ccc(F)cc3CCC2C)[nH]1. The van der Waals surface area contributed by atoms with Crippen LogP contribution >= 0.6 is 0 Å². The third kappa shape index (κ3) is 2.35. The summed E-state index contributed by atoms with van der Waals surface area (Å²) >= 11 is 0. The number of rotatable bonds is 2. The van der Waals surface area contributed by atoms with Gasteiger partial charge in [-0.15, -0.1) is 0 Å². The highest BCUT2D eigenvalue weighted by Crippen LogP contribution is 2.32. The van der Waals surface area contributed by atoms with Crippen molar-refractivity contribution in [2.75, 3.05) is 4.90 Å². The lowest BCUT2D eigenvalue weighted by Crippen LogP contribution is -2.36. The average molecular weight is 259 g/mol. The van der Waals surface area contributed by atoms with Gasteiger partial charge in [0.15, 0.2) is 0 Å². The molecular weight excluding hydrogens is 241 g/mol. The second-order valence-electron chi connectivity index (χ2n) is 5.28. The molecule has 0 saturated carbocycles. The van der Waals surface area contributed by atoms with Crippen LogP contribution in [0.2, 0.25) is 0 Å². The van der Waals surface area contributed by atoms with E-state index in [-0.39, 0.29) is 5.82 Å². The predicted octanol–water partition coefficient (Wildman–Crippen LogP) is 3.20.